The number of allylic oxidation sites excluding steroid dienone is 1. The molecule has 4 heteroatoms. The quantitative estimate of drug-likeness (QED) is 0.761. The lowest BCUT2D eigenvalue weighted by Gasteiger charge is -2.24. The normalized spacial score (nSPS) is 17.8. The van der Waals surface area contributed by atoms with Crippen molar-refractivity contribution in [2.45, 2.75) is 18.7 Å². The predicted octanol–water partition coefficient (Wildman–Crippen LogP) is 2.83. The molecule has 0 saturated carbocycles. The number of amidine groups is 1. The van der Waals surface area contributed by atoms with Crippen molar-refractivity contribution in [3.63, 3.8) is 0 Å². The summed E-state index contributed by atoms with van der Waals surface area (Å²) in [5, 5.41) is 0.980. The van der Waals surface area contributed by atoms with Crippen molar-refractivity contribution in [2.24, 2.45) is 4.99 Å². The molecule has 0 radical (unpaired) electrons. The number of ketones is 1. The zero-order valence-corrected chi connectivity index (χ0v) is 10.5. The van der Waals surface area contributed by atoms with Gasteiger partial charge in [-0.15, -0.1) is 0 Å². The van der Waals surface area contributed by atoms with Crippen molar-refractivity contribution >= 4 is 28.4 Å². The predicted molar refractivity (Wildman–Crippen MR) is 70.5 cm³/mol. The summed E-state index contributed by atoms with van der Waals surface area (Å²) >= 11 is 1.67. The van der Waals surface area contributed by atoms with Crippen LogP contribution in [0.5, 0.6) is 0 Å². The van der Waals surface area contributed by atoms with Crippen molar-refractivity contribution in [3.8, 4) is 0 Å². The first-order valence-electron chi connectivity index (χ1n) is 5.50. The first-order chi connectivity index (χ1) is 8.16. The number of hydrogen-bond acceptors (Lipinski definition) is 4. The SMILES string of the molecule is CC(=O)C1=C(C)N=C2Sc3ccccc3N2C1. The lowest BCUT2D eigenvalue weighted by Crippen LogP contribution is -2.32. The molecular formula is C13H12N2OS. The van der Waals surface area contributed by atoms with E-state index in [0.29, 0.717) is 6.54 Å². The maximum atomic E-state index is 11.5. The van der Waals surface area contributed by atoms with Crippen molar-refractivity contribution in [1.82, 2.24) is 0 Å². The molecule has 3 nitrogen and oxygen atoms in total. The van der Waals surface area contributed by atoms with Gasteiger partial charge in [0, 0.05) is 16.2 Å². The van der Waals surface area contributed by atoms with Crippen molar-refractivity contribution in [1.29, 1.82) is 0 Å². The monoisotopic (exact) mass is 244 g/mol. The Morgan fingerprint density at radius 3 is 2.94 bits per heavy atom. The molecule has 17 heavy (non-hydrogen) atoms. The van der Waals surface area contributed by atoms with Gasteiger partial charge in [0.2, 0.25) is 0 Å². The number of carbonyl (C=O) groups is 1. The van der Waals surface area contributed by atoms with E-state index >= 15 is 0 Å². The molecule has 0 aromatic heterocycles. The number of thioether (sulfide) groups is 1. The van der Waals surface area contributed by atoms with Gasteiger partial charge in [-0.1, -0.05) is 12.1 Å². The summed E-state index contributed by atoms with van der Waals surface area (Å²) in [6.07, 6.45) is 0. The van der Waals surface area contributed by atoms with E-state index in [2.05, 4.69) is 22.0 Å². The minimum atomic E-state index is 0.111. The zero-order chi connectivity index (χ0) is 12.0. The van der Waals surface area contributed by atoms with Gasteiger partial charge in [0.05, 0.1) is 12.2 Å². The fourth-order valence-electron chi connectivity index (χ4n) is 2.11. The van der Waals surface area contributed by atoms with Gasteiger partial charge in [0.1, 0.15) is 0 Å². The van der Waals surface area contributed by atoms with E-state index < -0.39 is 0 Å². The minimum Gasteiger partial charge on any atom is -0.315 e. The molecule has 0 amide bonds. The summed E-state index contributed by atoms with van der Waals surface area (Å²) in [6, 6.07) is 8.20. The van der Waals surface area contributed by atoms with Gasteiger partial charge < -0.3 is 4.90 Å². The Bertz CT molecular complexity index is 575. The van der Waals surface area contributed by atoms with Crippen molar-refractivity contribution in [3.05, 3.63) is 35.5 Å². The van der Waals surface area contributed by atoms with Crippen LogP contribution in [0.2, 0.25) is 0 Å². The number of para-hydroxylation sites is 1. The Morgan fingerprint density at radius 1 is 1.41 bits per heavy atom. The third-order valence-corrected chi connectivity index (χ3v) is 4.09. The van der Waals surface area contributed by atoms with Crippen molar-refractivity contribution < 1.29 is 4.79 Å². The van der Waals surface area contributed by atoms with E-state index in [9.17, 15) is 4.79 Å². The zero-order valence-electron chi connectivity index (χ0n) is 9.73. The molecule has 0 saturated heterocycles. The first kappa shape index (κ1) is 10.6. The molecule has 2 aliphatic heterocycles. The molecule has 3 rings (SSSR count). The molecule has 0 atom stereocenters. The first-order valence-corrected chi connectivity index (χ1v) is 6.32. The maximum absolute atomic E-state index is 11.5. The van der Waals surface area contributed by atoms with E-state index in [0.717, 1.165) is 22.1 Å². The second-order valence-corrected chi connectivity index (χ2v) is 5.18. The lowest BCUT2D eigenvalue weighted by atomic mass is 10.1. The highest BCUT2D eigenvalue weighted by atomic mass is 32.2. The van der Waals surface area contributed by atoms with E-state index in [4.69, 9.17) is 0 Å². The van der Waals surface area contributed by atoms with Crippen LogP contribution in [-0.4, -0.2) is 17.5 Å². The maximum Gasteiger partial charge on any atom is 0.173 e. The highest BCUT2D eigenvalue weighted by molar-refractivity contribution is 8.14. The molecule has 0 unspecified atom stereocenters. The van der Waals surface area contributed by atoms with Gasteiger partial charge >= 0.3 is 0 Å². The fraction of sp³-hybridized carbons (Fsp3) is 0.231. The lowest BCUT2D eigenvalue weighted by molar-refractivity contribution is -0.113. The average molecular weight is 244 g/mol. The van der Waals surface area contributed by atoms with Crippen LogP contribution in [-0.2, 0) is 4.79 Å². The molecule has 86 valence electrons. The second kappa shape index (κ2) is 3.74. The topological polar surface area (TPSA) is 32.7 Å². The molecule has 1 aromatic carbocycles. The molecule has 0 N–H and O–H groups in total. The number of carbonyl (C=O) groups excluding carboxylic acids is 1. The molecule has 0 bridgehead atoms. The number of rotatable bonds is 1. The van der Waals surface area contributed by atoms with Crippen molar-refractivity contribution in [2.75, 3.05) is 11.4 Å². The largest absolute Gasteiger partial charge is 0.315 e. The summed E-state index contributed by atoms with van der Waals surface area (Å²) in [4.78, 5) is 19.4. The number of Topliss-reactive ketones (excluding diaryl/α,β-unsaturated/α-hetero) is 1. The van der Waals surface area contributed by atoms with Gasteiger partial charge in [-0.3, -0.25) is 4.79 Å². The number of nitrogens with zero attached hydrogens (tertiary/aromatic N) is 2. The van der Waals surface area contributed by atoms with Gasteiger partial charge in [0.15, 0.2) is 11.0 Å². The highest BCUT2D eigenvalue weighted by Crippen LogP contribution is 2.42. The molecule has 0 spiro atoms. The summed E-state index contributed by atoms with van der Waals surface area (Å²) in [7, 11) is 0. The van der Waals surface area contributed by atoms with Crippen LogP contribution in [0.25, 0.3) is 0 Å². The number of fused-ring (bicyclic) bond motifs is 3. The second-order valence-electron chi connectivity index (χ2n) is 4.17. The van der Waals surface area contributed by atoms with Gasteiger partial charge in [-0.05, 0) is 37.7 Å². The molecule has 2 heterocycles. The number of aliphatic imine (C=N–C) groups is 1. The van der Waals surface area contributed by atoms with E-state index in [1.165, 1.54) is 4.90 Å². The Hall–Kier alpha value is -1.55. The van der Waals surface area contributed by atoms with Crippen LogP contribution < -0.4 is 4.90 Å². The van der Waals surface area contributed by atoms with Crippen LogP contribution in [0.1, 0.15) is 13.8 Å². The van der Waals surface area contributed by atoms with Gasteiger partial charge in [-0.2, -0.15) is 0 Å². The van der Waals surface area contributed by atoms with Crippen LogP contribution in [0.3, 0.4) is 0 Å². The summed E-state index contributed by atoms with van der Waals surface area (Å²) in [6.45, 7) is 4.16. The Labute approximate surface area is 104 Å². The van der Waals surface area contributed by atoms with E-state index in [1.807, 2.05) is 19.1 Å². The van der Waals surface area contributed by atoms with Crippen LogP contribution in [0.4, 0.5) is 5.69 Å². The number of anilines is 1. The summed E-state index contributed by atoms with van der Waals surface area (Å²) < 4.78 is 0. The highest BCUT2D eigenvalue weighted by Gasteiger charge is 2.31. The number of hydrogen-bond donors (Lipinski definition) is 0. The molecular weight excluding hydrogens is 232 g/mol. The Kier molecular flexibility index (Phi) is 2.33. The van der Waals surface area contributed by atoms with Crippen LogP contribution >= 0.6 is 11.8 Å². The third kappa shape index (κ3) is 1.60. The van der Waals surface area contributed by atoms with Gasteiger partial charge in [-0.25, -0.2) is 4.99 Å². The fourth-order valence-corrected chi connectivity index (χ4v) is 3.19. The van der Waals surface area contributed by atoms with E-state index in [-0.39, 0.29) is 5.78 Å². The van der Waals surface area contributed by atoms with Gasteiger partial charge in [0.25, 0.3) is 0 Å². The molecule has 0 aliphatic carbocycles. The standard InChI is InChI=1S/C13H12N2OS/c1-8-10(9(2)16)7-15-11-5-3-4-6-12(11)17-13(15)14-8/h3-6H,7H2,1-2H3. The number of benzene rings is 1. The summed E-state index contributed by atoms with van der Waals surface area (Å²) in [5.41, 5.74) is 2.82. The smallest absolute Gasteiger partial charge is 0.173 e. The summed E-state index contributed by atoms with van der Waals surface area (Å²) in [5.74, 6) is 0.111. The van der Waals surface area contributed by atoms with E-state index in [1.54, 1.807) is 18.7 Å². The third-order valence-electron chi connectivity index (χ3n) is 3.03. The average Bonchev–Trinajstić information content (AvgIpc) is 2.64. The molecule has 2 aliphatic rings. The Morgan fingerprint density at radius 2 is 2.18 bits per heavy atom. The molecule has 1 aromatic rings. The Balaban J connectivity index is 2.06. The van der Waals surface area contributed by atoms with Crippen LogP contribution in [0, 0.1) is 0 Å². The van der Waals surface area contributed by atoms with Crippen LogP contribution in [0.15, 0.2) is 45.4 Å². The minimum absolute atomic E-state index is 0.111. The molecule has 0 fully saturated rings.